The molecular formula is C19H24O2. The number of hydrogen-bond acceptors (Lipinski definition) is 2. The fraction of sp³-hybridized carbons (Fsp3) is 0.368. The van der Waals surface area contributed by atoms with Gasteiger partial charge in [-0.25, -0.2) is 0 Å². The van der Waals surface area contributed by atoms with Crippen LogP contribution >= 0.6 is 0 Å². The van der Waals surface area contributed by atoms with E-state index in [0.717, 1.165) is 5.56 Å². The van der Waals surface area contributed by atoms with E-state index in [-0.39, 0.29) is 0 Å². The van der Waals surface area contributed by atoms with E-state index in [9.17, 15) is 5.11 Å². The van der Waals surface area contributed by atoms with Crippen molar-refractivity contribution in [3.8, 4) is 11.1 Å². The standard InChI is InChI=1S/C19H24O2/c1-18(2,20)19(3,4)21-14-15-10-12-17(13-11-15)16-8-6-5-7-9-16/h5-13,20H,14H2,1-4H3. The summed E-state index contributed by atoms with van der Waals surface area (Å²) < 4.78 is 5.88. The molecule has 0 unspecified atom stereocenters. The zero-order chi connectivity index (χ0) is 15.5. The number of hydrogen-bond donors (Lipinski definition) is 1. The van der Waals surface area contributed by atoms with Crippen LogP contribution in [0.1, 0.15) is 33.3 Å². The van der Waals surface area contributed by atoms with Gasteiger partial charge in [0.15, 0.2) is 0 Å². The molecule has 112 valence electrons. The zero-order valence-electron chi connectivity index (χ0n) is 13.3. The van der Waals surface area contributed by atoms with Gasteiger partial charge in [-0.2, -0.15) is 0 Å². The third-order valence-corrected chi connectivity index (χ3v) is 4.13. The van der Waals surface area contributed by atoms with Crippen molar-refractivity contribution in [2.45, 2.75) is 45.5 Å². The van der Waals surface area contributed by atoms with Crippen molar-refractivity contribution in [3.63, 3.8) is 0 Å². The Balaban J connectivity index is 2.04. The van der Waals surface area contributed by atoms with Gasteiger partial charge in [-0.3, -0.25) is 0 Å². The second-order valence-electron chi connectivity index (χ2n) is 6.42. The van der Waals surface area contributed by atoms with Crippen molar-refractivity contribution in [2.75, 3.05) is 0 Å². The molecule has 2 nitrogen and oxygen atoms in total. The number of ether oxygens (including phenoxy) is 1. The van der Waals surface area contributed by atoms with Gasteiger partial charge < -0.3 is 9.84 Å². The average molecular weight is 284 g/mol. The minimum absolute atomic E-state index is 0.492. The highest BCUT2D eigenvalue weighted by atomic mass is 16.5. The summed E-state index contributed by atoms with van der Waals surface area (Å²) >= 11 is 0. The Labute approximate surface area is 127 Å². The van der Waals surface area contributed by atoms with Gasteiger partial charge in [-0.15, -0.1) is 0 Å². The minimum Gasteiger partial charge on any atom is -0.387 e. The van der Waals surface area contributed by atoms with Gasteiger partial charge in [-0.1, -0.05) is 54.6 Å². The quantitative estimate of drug-likeness (QED) is 0.880. The Morgan fingerprint density at radius 2 is 1.33 bits per heavy atom. The molecule has 0 aliphatic rings. The Hall–Kier alpha value is -1.64. The van der Waals surface area contributed by atoms with E-state index in [0.29, 0.717) is 6.61 Å². The van der Waals surface area contributed by atoms with E-state index in [2.05, 4.69) is 36.4 Å². The molecule has 0 amide bonds. The highest BCUT2D eigenvalue weighted by Gasteiger charge is 2.35. The van der Waals surface area contributed by atoms with E-state index in [1.54, 1.807) is 13.8 Å². The summed E-state index contributed by atoms with van der Waals surface area (Å²) in [5, 5.41) is 10.1. The number of aliphatic hydroxyl groups is 1. The number of rotatable bonds is 5. The maximum atomic E-state index is 10.1. The van der Waals surface area contributed by atoms with Gasteiger partial charge in [-0.05, 0) is 44.4 Å². The van der Waals surface area contributed by atoms with Crippen molar-refractivity contribution >= 4 is 0 Å². The van der Waals surface area contributed by atoms with Crippen LogP contribution in [0.5, 0.6) is 0 Å². The van der Waals surface area contributed by atoms with Crippen LogP contribution < -0.4 is 0 Å². The van der Waals surface area contributed by atoms with Crippen molar-refractivity contribution in [2.24, 2.45) is 0 Å². The van der Waals surface area contributed by atoms with Gasteiger partial charge in [0.05, 0.1) is 17.8 Å². The molecule has 0 aliphatic heterocycles. The SMILES string of the molecule is CC(C)(O)C(C)(C)OCc1ccc(-c2ccccc2)cc1. The largest absolute Gasteiger partial charge is 0.387 e. The summed E-state index contributed by atoms with van der Waals surface area (Å²) in [6, 6.07) is 18.6. The number of benzene rings is 2. The summed E-state index contributed by atoms with van der Waals surface area (Å²) in [6.45, 7) is 7.85. The van der Waals surface area contributed by atoms with Gasteiger partial charge >= 0.3 is 0 Å². The maximum Gasteiger partial charge on any atom is 0.0911 e. The zero-order valence-corrected chi connectivity index (χ0v) is 13.3. The van der Waals surface area contributed by atoms with E-state index in [1.165, 1.54) is 11.1 Å². The molecule has 0 spiro atoms. The molecule has 0 aromatic heterocycles. The van der Waals surface area contributed by atoms with Crippen molar-refractivity contribution < 1.29 is 9.84 Å². The van der Waals surface area contributed by atoms with Crippen molar-refractivity contribution in [3.05, 3.63) is 60.2 Å². The molecule has 0 saturated carbocycles. The van der Waals surface area contributed by atoms with Crippen LogP contribution in [0.25, 0.3) is 11.1 Å². The fourth-order valence-corrected chi connectivity index (χ4v) is 1.86. The summed E-state index contributed by atoms with van der Waals surface area (Å²) in [6.07, 6.45) is 0. The Morgan fingerprint density at radius 1 is 0.810 bits per heavy atom. The molecule has 0 aliphatic carbocycles. The van der Waals surface area contributed by atoms with Crippen LogP contribution in [-0.4, -0.2) is 16.3 Å². The summed E-state index contributed by atoms with van der Waals surface area (Å²) in [4.78, 5) is 0. The lowest BCUT2D eigenvalue weighted by atomic mass is 9.89. The first-order valence-corrected chi connectivity index (χ1v) is 7.30. The molecule has 2 heteroatoms. The topological polar surface area (TPSA) is 29.5 Å². The molecule has 2 rings (SSSR count). The van der Waals surface area contributed by atoms with Gasteiger partial charge in [0.1, 0.15) is 0 Å². The molecule has 0 atom stereocenters. The Kier molecular flexibility index (Phi) is 4.50. The summed E-state index contributed by atoms with van der Waals surface area (Å²) in [5.41, 5.74) is 2.04. The van der Waals surface area contributed by atoms with E-state index in [4.69, 9.17) is 4.74 Å². The lowest BCUT2D eigenvalue weighted by Crippen LogP contribution is -2.47. The van der Waals surface area contributed by atoms with Gasteiger partial charge in [0.2, 0.25) is 0 Å². The van der Waals surface area contributed by atoms with Crippen LogP contribution in [-0.2, 0) is 11.3 Å². The first-order chi connectivity index (χ1) is 9.79. The van der Waals surface area contributed by atoms with E-state index < -0.39 is 11.2 Å². The lowest BCUT2D eigenvalue weighted by Gasteiger charge is -2.37. The molecule has 2 aromatic carbocycles. The molecule has 0 fully saturated rings. The van der Waals surface area contributed by atoms with Crippen LogP contribution in [0.4, 0.5) is 0 Å². The molecule has 21 heavy (non-hydrogen) atoms. The first kappa shape index (κ1) is 15.7. The monoisotopic (exact) mass is 284 g/mol. The second kappa shape index (κ2) is 6.00. The second-order valence-corrected chi connectivity index (χ2v) is 6.42. The fourth-order valence-electron chi connectivity index (χ4n) is 1.86. The third kappa shape index (κ3) is 3.93. The van der Waals surface area contributed by atoms with Crippen molar-refractivity contribution in [1.82, 2.24) is 0 Å². The molecule has 0 saturated heterocycles. The lowest BCUT2D eigenvalue weighted by molar-refractivity contribution is -0.153. The molecule has 0 radical (unpaired) electrons. The first-order valence-electron chi connectivity index (χ1n) is 7.30. The molecule has 1 N–H and O–H groups in total. The molecule has 2 aromatic rings. The smallest absolute Gasteiger partial charge is 0.0911 e. The highest BCUT2D eigenvalue weighted by molar-refractivity contribution is 5.63. The summed E-state index contributed by atoms with van der Waals surface area (Å²) in [5.74, 6) is 0. The predicted octanol–water partition coefficient (Wildman–Crippen LogP) is 4.42. The Bertz CT molecular complexity index is 563. The van der Waals surface area contributed by atoms with Crippen molar-refractivity contribution in [1.29, 1.82) is 0 Å². The molecular weight excluding hydrogens is 260 g/mol. The predicted molar refractivity (Wildman–Crippen MR) is 87.0 cm³/mol. The summed E-state index contributed by atoms with van der Waals surface area (Å²) in [7, 11) is 0. The average Bonchev–Trinajstić information content (AvgIpc) is 2.45. The van der Waals surface area contributed by atoms with Crippen LogP contribution in [0.3, 0.4) is 0 Å². The van der Waals surface area contributed by atoms with E-state index in [1.807, 2.05) is 32.0 Å². The normalized spacial score (nSPS) is 12.4. The molecule has 0 bridgehead atoms. The third-order valence-electron chi connectivity index (χ3n) is 4.13. The maximum absolute atomic E-state index is 10.1. The van der Waals surface area contributed by atoms with Crippen LogP contribution in [0.2, 0.25) is 0 Å². The van der Waals surface area contributed by atoms with Crippen LogP contribution in [0, 0.1) is 0 Å². The van der Waals surface area contributed by atoms with Gasteiger partial charge in [0.25, 0.3) is 0 Å². The van der Waals surface area contributed by atoms with Crippen LogP contribution in [0.15, 0.2) is 54.6 Å². The van der Waals surface area contributed by atoms with Gasteiger partial charge in [0, 0.05) is 0 Å². The van der Waals surface area contributed by atoms with E-state index >= 15 is 0 Å². The highest BCUT2D eigenvalue weighted by Crippen LogP contribution is 2.27. The minimum atomic E-state index is -0.878. The Morgan fingerprint density at radius 3 is 1.86 bits per heavy atom. The molecule has 0 heterocycles.